The quantitative estimate of drug-likeness (QED) is 0.162. The molecule has 0 spiro atoms. The molecule has 11 nitrogen and oxygen atoms in total. The first kappa shape index (κ1) is 33.8. The number of hydrogen-bond acceptors (Lipinski definition) is 8. The van der Waals surface area contributed by atoms with Crippen LogP contribution < -0.4 is 10.1 Å². The van der Waals surface area contributed by atoms with Crippen LogP contribution in [0.25, 0.3) is 27.8 Å². The lowest BCUT2D eigenvalue weighted by Crippen LogP contribution is -2.13. The number of carboxylic acid groups (broad SMARTS) is 2. The summed E-state index contributed by atoms with van der Waals surface area (Å²) in [5.41, 5.74) is 4.41. The molecule has 0 aliphatic carbocycles. The molecule has 0 fully saturated rings. The van der Waals surface area contributed by atoms with Crippen molar-refractivity contribution in [3.63, 3.8) is 0 Å². The van der Waals surface area contributed by atoms with Crippen molar-refractivity contribution in [1.82, 2.24) is 9.55 Å². The second-order valence-corrected chi connectivity index (χ2v) is 12.7. The molecule has 5 rings (SSSR count). The van der Waals surface area contributed by atoms with Crippen LogP contribution in [-0.4, -0.2) is 59.5 Å². The van der Waals surface area contributed by atoms with Gasteiger partial charge in [0.05, 0.1) is 38.4 Å². The van der Waals surface area contributed by atoms with Gasteiger partial charge in [-0.3, -0.25) is 4.79 Å². The van der Waals surface area contributed by atoms with Crippen molar-refractivity contribution >= 4 is 61.6 Å². The first-order valence-electron chi connectivity index (χ1n) is 13.4. The van der Waals surface area contributed by atoms with Crippen LogP contribution in [0.4, 0.5) is 5.69 Å². The maximum atomic E-state index is 11.6. The number of halogens is 2. The molecule has 0 aliphatic heterocycles. The number of carbonyl (C=O) groups is 2. The van der Waals surface area contributed by atoms with Gasteiger partial charge in [0.2, 0.25) is 0 Å². The molecule has 2 heterocycles. The van der Waals surface area contributed by atoms with Crippen molar-refractivity contribution in [2.24, 2.45) is 0 Å². The van der Waals surface area contributed by atoms with Crippen molar-refractivity contribution in [2.75, 3.05) is 24.7 Å². The second-order valence-electron chi connectivity index (χ2n) is 9.88. The zero-order valence-electron chi connectivity index (χ0n) is 24.4. The number of anilines is 1. The summed E-state index contributed by atoms with van der Waals surface area (Å²) in [7, 11) is -3.38. The number of hydrogen-bond donors (Lipinski definition) is 3. The van der Waals surface area contributed by atoms with E-state index >= 15 is 0 Å². The molecule has 0 bridgehead atoms. The molecule has 5 aromatic rings. The molecular weight excluding hydrogens is 655 g/mol. The second kappa shape index (κ2) is 14.3. The highest BCUT2D eigenvalue weighted by atomic mass is 35.5. The van der Waals surface area contributed by atoms with Crippen LogP contribution in [0.2, 0.25) is 10.0 Å². The number of ether oxygens (including phenoxy) is 1. The number of aliphatic carboxylic acids is 2. The van der Waals surface area contributed by atoms with E-state index in [1.54, 1.807) is 49.4 Å². The van der Waals surface area contributed by atoms with E-state index in [0.29, 0.717) is 33.2 Å². The molecular formula is C32H26Cl2N4O7S. The molecule has 14 heteroatoms. The molecule has 0 unspecified atom stereocenters. The van der Waals surface area contributed by atoms with Gasteiger partial charge in [0.15, 0.2) is 16.4 Å². The summed E-state index contributed by atoms with van der Waals surface area (Å²) < 4.78 is 30.3. The third kappa shape index (κ3) is 8.33. The van der Waals surface area contributed by atoms with Gasteiger partial charge in [-0.05, 0) is 79.7 Å². The monoisotopic (exact) mass is 680 g/mol. The molecule has 0 saturated heterocycles. The Hall–Kier alpha value is -5.09. The highest BCUT2D eigenvalue weighted by molar-refractivity contribution is 7.90. The van der Waals surface area contributed by atoms with Crippen molar-refractivity contribution in [3.05, 3.63) is 100 Å². The molecule has 46 heavy (non-hydrogen) atoms. The van der Waals surface area contributed by atoms with Crippen LogP contribution in [0.15, 0.2) is 83.9 Å². The number of rotatable bonds is 9. The van der Waals surface area contributed by atoms with Gasteiger partial charge in [0.1, 0.15) is 18.0 Å². The van der Waals surface area contributed by atoms with Gasteiger partial charge in [-0.25, -0.2) is 18.2 Å². The summed E-state index contributed by atoms with van der Waals surface area (Å²) >= 11 is 12.3. The maximum absolute atomic E-state index is 11.6. The lowest BCUT2D eigenvalue weighted by atomic mass is 10.1. The predicted molar refractivity (Wildman–Crippen MR) is 175 cm³/mol. The minimum Gasteiger partial charge on any atom is -0.480 e. The average molecular weight is 682 g/mol. The Balaban J connectivity index is 0.000000209. The third-order valence-electron chi connectivity index (χ3n) is 6.44. The Bertz CT molecular complexity index is 2110. The maximum Gasteiger partial charge on any atom is 0.341 e. The van der Waals surface area contributed by atoms with E-state index in [1.807, 2.05) is 22.9 Å². The number of nitrogens with one attached hydrogen (secondary N) is 1. The van der Waals surface area contributed by atoms with E-state index in [1.165, 1.54) is 18.2 Å². The number of carboxylic acids is 2. The number of nitriles is 1. The Labute approximate surface area is 274 Å². The zero-order chi connectivity index (χ0) is 33.6. The Morgan fingerprint density at radius 1 is 1.00 bits per heavy atom. The topological polar surface area (TPSA) is 172 Å². The fourth-order valence-electron chi connectivity index (χ4n) is 4.36. The number of aromatic nitrogens is 2. The van der Waals surface area contributed by atoms with Gasteiger partial charge in [-0.1, -0.05) is 23.2 Å². The number of aryl methyl sites for hydroxylation is 1. The Morgan fingerprint density at radius 2 is 1.76 bits per heavy atom. The lowest BCUT2D eigenvalue weighted by Gasteiger charge is -2.13. The van der Waals surface area contributed by atoms with E-state index in [4.69, 9.17) is 43.4 Å². The molecule has 0 aliphatic rings. The summed E-state index contributed by atoms with van der Waals surface area (Å²) in [4.78, 5) is 25.9. The van der Waals surface area contributed by atoms with E-state index in [2.05, 4.69) is 16.4 Å². The molecule has 0 saturated carbocycles. The minimum absolute atomic E-state index is 0.0897. The predicted octanol–water partition coefficient (Wildman–Crippen LogP) is 6.23. The molecule has 2 aromatic heterocycles. The fraction of sp³-hybridized carbons (Fsp3) is 0.125. The van der Waals surface area contributed by atoms with Gasteiger partial charge < -0.3 is 24.8 Å². The van der Waals surface area contributed by atoms with Gasteiger partial charge in [0.25, 0.3) is 0 Å². The third-order valence-corrected chi connectivity index (χ3v) is 8.10. The molecule has 0 radical (unpaired) electrons. The standard InChI is InChI=1S/C17H12ClN3O2.C15H14ClNO5S/c18-13-2-3-14(20-10-17(22)23)16(8-13)21-6-5-12-7-11(9-19)1-4-15(12)21;1-9-3-6-13(22-8-14(18)19)15(17-9)11-5-4-10(7-12(11)16)23(2,20)21/h1-8,20H,10H2,(H,22,23);3-7H,8H2,1-2H3,(H,18,19). The van der Waals surface area contributed by atoms with Crippen LogP contribution in [0.3, 0.4) is 0 Å². The van der Waals surface area contributed by atoms with E-state index in [9.17, 15) is 18.0 Å². The van der Waals surface area contributed by atoms with Gasteiger partial charge >= 0.3 is 11.9 Å². The normalized spacial score (nSPS) is 10.8. The largest absolute Gasteiger partial charge is 0.480 e. The van der Waals surface area contributed by atoms with Crippen LogP contribution in [0.1, 0.15) is 11.3 Å². The molecule has 236 valence electrons. The highest BCUT2D eigenvalue weighted by Gasteiger charge is 2.16. The van der Waals surface area contributed by atoms with Gasteiger partial charge in [0, 0.05) is 34.1 Å². The minimum atomic E-state index is -3.38. The van der Waals surface area contributed by atoms with Crippen molar-refractivity contribution in [1.29, 1.82) is 5.26 Å². The first-order valence-corrected chi connectivity index (χ1v) is 16.0. The summed E-state index contributed by atoms with van der Waals surface area (Å²) in [6, 6.07) is 22.2. The van der Waals surface area contributed by atoms with E-state index in [-0.39, 0.29) is 22.2 Å². The number of pyridine rings is 1. The van der Waals surface area contributed by atoms with Gasteiger partial charge in [-0.2, -0.15) is 5.26 Å². The molecule has 0 atom stereocenters. The van der Waals surface area contributed by atoms with Crippen LogP contribution in [0, 0.1) is 18.3 Å². The number of sulfone groups is 1. The zero-order valence-corrected chi connectivity index (χ0v) is 26.7. The number of nitrogens with zero attached hydrogens (tertiary/aromatic N) is 3. The van der Waals surface area contributed by atoms with Crippen LogP contribution in [-0.2, 0) is 19.4 Å². The summed E-state index contributed by atoms with van der Waals surface area (Å²) in [5.74, 6) is -1.80. The lowest BCUT2D eigenvalue weighted by molar-refractivity contribution is -0.139. The van der Waals surface area contributed by atoms with Gasteiger partial charge in [-0.15, -0.1) is 0 Å². The van der Waals surface area contributed by atoms with Crippen LogP contribution in [0.5, 0.6) is 5.75 Å². The number of benzene rings is 3. The van der Waals surface area contributed by atoms with Crippen LogP contribution >= 0.6 is 23.2 Å². The smallest absolute Gasteiger partial charge is 0.341 e. The first-order chi connectivity index (χ1) is 21.8. The Kier molecular flexibility index (Phi) is 10.5. The van der Waals surface area contributed by atoms with E-state index < -0.39 is 28.4 Å². The van der Waals surface area contributed by atoms with Crippen molar-refractivity contribution in [3.8, 4) is 28.8 Å². The molecule has 3 N–H and O–H groups in total. The van der Waals surface area contributed by atoms with Crippen molar-refractivity contribution < 1.29 is 33.0 Å². The SMILES string of the molecule is Cc1ccc(OCC(=O)O)c(-c2ccc(S(C)(=O)=O)cc2Cl)n1.N#Cc1ccc2c(ccn2-c2cc(Cl)ccc2NCC(=O)O)c1. The van der Waals surface area contributed by atoms with E-state index in [0.717, 1.165) is 22.8 Å². The fourth-order valence-corrected chi connectivity index (χ4v) is 5.51. The summed E-state index contributed by atoms with van der Waals surface area (Å²) in [5, 5.41) is 31.1. The summed E-state index contributed by atoms with van der Waals surface area (Å²) in [6.07, 6.45) is 2.95. The summed E-state index contributed by atoms with van der Waals surface area (Å²) in [6.45, 7) is 1.06. The number of fused-ring (bicyclic) bond motifs is 1. The Morgan fingerprint density at radius 3 is 2.41 bits per heavy atom. The highest BCUT2D eigenvalue weighted by Crippen LogP contribution is 2.35. The molecule has 3 aromatic carbocycles. The average Bonchev–Trinajstić information content (AvgIpc) is 3.42. The van der Waals surface area contributed by atoms with Crippen molar-refractivity contribution in [2.45, 2.75) is 11.8 Å². The molecule has 0 amide bonds.